The first-order valence-electron chi connectivity index (χ1n) is 12.8. The SMILES string of the molecule is COc1cccc(/C=C/C(=O)/C(C(=O)/C=C/c2ccccc2)=C(/C=C/c2ccc(OCN=[N+]=[N-])c(OCN=[N+]=[N-])c2)N=O)c1. The van der Waals surface area contributed by atoms with Gasteiger partial charge >= 0.3 is 0 Å². The molecule has 0 unspecified atom stereocenters. The fourth-order valence-corrected chi connectivity index (χ4v) is 3.64. The second kappa shape index (κ2) is 17.4. The summed E-state index contributed by atoms with van der Waals surface area (Å²) in [6.07, 6.45) is 8.04. The Bertz CT molecular complexity index is 1720. The summed E-state index contributed by atoms with van der Waals surface area (Å²) in [5.74, 6) is -0.570. The quantitative estimate of drug-likeness (QED) is 0.0241. The first-order chi connectivity index (χ1) is 21.5. The molecule has 0 N–H and O–H groups in total. The number of rotatable bonds is 16. The smallest absolute Gasteiger partial charge is 0.192 e. The Morgan fingerprint density at radius 3 is 1.95 bits per heavy atom. The Hall–Kier alpha value is -6.42. The van der Waals surface area contributed by atoms with Crippen molar-refractivity contribution in [3.05, 3.63) is 145 Å². The predicted molar refractivity (Wildman–Crippen MR) is 165 cm³/mol. The van der Waals surface area contributed by atoms with Gasteiger partial charge in [-0.25, -0.2) is 0 Å². The summed E-state index contributed by atoms with van der Waals surface area (Å²) in [7, 11) is 1.51. The van der Waals surface area contributed by atoms with E-state index in [0.717, 1.165) is 0 Å². The van der Waals surface area contributed by atoms with Crippen LogP contribution in [0.4, 0.5) is 0 Å². The van der Waals surface area contributed by atoms with Crippen molar-refractivity contribution in [2.45, 2.75) is 0 Å². The van der Waals surface area contributed by atoms with Gasteiger partial charge in [0.05, 0.1) is 12.7 Å². The third-order valence-corrected chi connectivity index (χ3v) is 5.68. The average molecular weight is 592 g/mol. The van der Waals surface area contributed by atoms with Crippen LogP contribution in [0.2, 0.25) is 0 Å². The van der Waals surface area contributed by atoms with Gasteiger partial charge in [-0.05, 0) is 75.4 Å². The van der Waals surface area contributed by atoms with E-state index in [4.69, 9.17) is 25.3 Å². The largest absolute Gasteiger partial charge is 0.497 e. The van der Waals surface area contributed by atoms with Crippen LogP contribution >= 0.6 is 0 Å². The molecule has 3 aromatic rings. The molecule has 0 heterocycles. The van der Waals surface area contributed by atoms with Crippen molar-refractivity contribution in [1.82, 2.24) is 0 Å². The molecular formula is C31H25N7O6. The summed E-state index contributed by atoms with van der Waals surface area (Å²) < 4.78 is 16.0. The van der Waals surface area contributed by atoms with E-state index < -0.39 is 22.8 Å². The van der Waals surface area contributed by atoms with Crippen molar-refractivity contribution in [2.75, 3.05) is 20.6 Å². The maximum atomic E-state index is 13.3. The zero-order chi connectivity index (χ0) is 31.6. The first-order valence-corrected chi connectivity index (χ1v) is 12.8. The molecule has 0 bridgehead atoms. The molecule has 3 aromatic carbocycles. The van der Waals surface area contributed by atoms with Gasteiger partial charge in [-0.3, -0.25) is 9.59 Å². The molecule has 0 atom stereocenters. The molecule has 44 heavy (non-hydrogen) atoms. The summed E-state index contributed by atoms with van der Waals surface area (Å²) in [4.78, 5) is 43.8. The lowest BCUT2D eigenvalue weighted by atomic mass is 10.0. The summed E-state index contributed by atoms with van der Waals surface area (Å²) in [6.45, 7) is -0.679. The van der Waals surface area contributed by atoms with E-state index in [9.17, 15) is 14.5 Å². The van der Waals surface area contributed by atoms with Gasteiger partial charge in [-0.15, -0.1) is 4.91 Å². The number of nitroso groups, excluding NO2 is 1. The van der Waals surface area contributed by atoms with Crippen LogP contribution in [0.25, 0.3) is 39.1 Å². The number of methoxy groups -OCH3 is 1. The average Bonchev–Trinajstić information content (AvgIpc) is 3.06. The predicted octanol–water partition coefficient (Wildman–Crippen LogP) is 7.59. The fourth-order valence-electron chi connectivity index (χ4n) is 3.64. The number of hydrogen-bond acceptors (Lipinski definition) is 9. The number of carbonyl (C=O) groups excluding carboxylic acids is 2. The van der Waals surface area contributed by atoms with Crippen LogP contribution < -0.4 is 14.2 Å². The Morgan fingerprint density at radius 1 is 0.727 bits per heavy atom. The summed E-state index contributed by atoms with van der Waals surface area (Å²) in [5, 5.41) is 9.61. The van der Waals surface area contributed by atoms with Crippen molar-refractivity contribution < 1.29 is 23.8 Å². The van der Waals surface area contributed by atoms with Gasteiger partial charge in [0.25, 0.3) is 0 Å². The molecule has 0 aromatic heterocycles. The van der Waals surface area contributed by atoms with Gasteiger partial charge in [0.2, 0.25) is 0 Å². The third-order valence-electron chi connectivity index (χ3n) is 5.68. The van der Waals surface area contributed by atoms with Gasteiger partial charge in [-0.2, -0.15) is 0 Å². The van der Waals surface area contributed by atoms with Crippen molar-refractivity contribution >= 4 is 29.8 Å². The maximum Gasteiger partial charge on any atom is 0.192 e. The van der Waals surface area contributed by atoms with E-state index >= 15 is 0 Å². The summed E-state index contributed by atoms with van der Waals surface area (Å²) in [6, 6.07) is 20.4. The molecule has 13 nitrogen and oxygen atoms in total. The second-order valence-electron chi connectivity index (χ2n) is 8.48. The Labute approximate surface area is 251 Å². The number of benzene rings is 3. The number of allylic oxidation sites excluding steroid dienone is 4. The molecule has 0 aliphatic rings. The van der Waals surface area contributed by atoms with Crippen LogP contribution in [0.3, 0.4) is 0 Å². The van der Waals surface area contributed by atoms with Gasteiger partial charge in [0.1, 0.15) is 11.4 Å². The molecule has 0 amide bonds. The number of azide groups is 2. The molecule has 0 aliphatic heterocycles. The van der Waals surface area contributed by atoms with Crippen molar-refractivity contribution in [2.24, 2.45) is 15.4 Å². The molecule has 0 fully saturated rings. The van der Waals surface area contributed by atoms with Crippen LogP contribution in [-0.2, 0) is 9.59 Å². The highest BCUT2D eigenvalue weighted by Crippen LogP contribution is 2.29. The molecule has 0 saturated heterocycles. The lowest BCUT2D eigenvalue weighted by Crippen LogP contribution is -2.11. The van der Waals surface area contributed by atoms with Crippen LogP contribution in [0.1, 0.15) is 16.7 Å². The second-order valence-corrected chi connectivity index (χ2v) is 8.48. The summed E-state index contributed by atoms with van der Waals surface area (Å²) in [5.41, 5.74) is 18.0. The Kier molecular flexibility index (Phi) is 12.7. The molecule has 0 radical (unpaired) electrons. The van der Waals surface area contributed by atoms with Crippen LogP contribution in [-0.4, -0.2) is 32.1 Å². The highest BCUT2D eigenvalue weighted by atomic mass is 16.5. The molecule has 0 aliphatic carbocycles. The molecule has 13 heteroatoms. The van der Waals surface area contributed by atoms with Crippen molar-refractivity contribution in [3.63, 3.8) is 0 Å². The zero-order valence-electron chi connectivity index (χ0n) is 23.4. The minimum absolute atomic E-state index is 0.136. The molecule has 0 saturated carbocycles. The van der Waals surface area contributed by atoms with E-state index in [1.807, 2.05) is 6.07 Å². The Balaban J connectivity index is 2.01. The third kappa shape index (κ3) is 9.89. The van der Waals surface area contributed by atoms with E-state index in [-0.39, 0.29) is 25.0 Å². The fraction of sp³-hybridized carbons (Fsp3) is 0.0968. The summed E-state index contributed by atoms with van der Waals surface area (Å²) >= 11 is 0. The number of ketones is 2. The van der Waals surface area contributed by atoms with Crippen molar-refractivity contribution in [3.8, 4) is 17.2 Å². The standard InChI is InChI=1S/C31H25N7O6/c1-42-25-9-5-8-23(18-25)12-16-28(40)31(27(39)15-11-22-6-3-2-4-7-22)26(36-41)14-10-24-13-17-29(43-20-34-37-32)30(19-24)44-21-35-38-33/h2-19H,20-21H2,1H3/b14-10+,15-11+,16-12+,31-26-. The Morgan fingerprint density at radius 2 is 1.32 bits per heavy atom. The van der Waals surface area contributed by atoms with E-state index in [1.54, 1.807) is 54.6 Å². The van der Waals surface area contributed by atoms with Gasteiger partial charge < -0.3 is 14.2 Å². The maximum absolute atomic E-state index is 13.3. The van der Waals surface area contributed by atoms with Crippen LogP contribution in [0.15, 0.2) is 118 Å². The van der Waals surface area contributed by atoms with E-state index in [1.165, 1.54) is 55.7 Å². The van der Waals surface area contributed by atoms with Gasteiger partial charge in [-0.1, -0.05) is 77.0 Å². The normalized spacial score (nSPS) is 11.4. The number of nitrogens with zero attached hydrogens (tertiary/aromatic N) is 7. The lowest BCUT2D eigenvalue weighted by Gasteiger charge is -2.11. The lowest BCUT2D eigenvalue weighted by molar-refractivity contribution is -0.116. The highest BCUT2D eigenvalue weighted by molar-refractivity contribution is 6.29. The highest BCUT2D eigenvalue weighted by Gasteiger charge is 2.20. The number of carbonyl (C=O) groups is 2. The zero-order valence-corrected chi connectivity index (χ0v) is 23.4. The molecule has 220 valence electrons. The first kappa shape index (κ1) is 32.1. The molecular weight excluding hydrogens is 566 g/mol. The minimum atomic E-state index is -0.741. The number of hydrogen-bond donors (Lipinski definition) is 0. The van der Waals surface area contributed by atoms with Crippen LogP contribution in [0, 0.1) is 4.91 Å². The van der Waals surface area contributed by atoms with E-state index in [0.29, 0.717) is 22.4 Å². The molecule has 3 rings (SSSR count). The topological polar surface area (TPSA) is 189 Å². The van der Waals surface area contributed by atoms with Gasteiger partial charge in [0.15, 0.2) is 36.5 Å². The van der Waals surface area contributed by atoms with E-state index in [2.05, 4.69) is 25.2 Å². The van der Waals surface area contributed by atoms with Crippen LogP contribution in [0.5, 0.6) is 17.2 Å². The number of ether oxygens (including phenoxy) is 3. The van der Waals surface area contributed by atoms with Gasteiger partial charge in [0, 0.05) is 9.82 Å². The monoisotopic (exact) mass is 591 g/mol. The molecule has 0 spiro atoms. The van der Waals surface area contributed by atoms with Crippen molar-refractivity contribution in [1.29, 1.82) is 0 Å². The minimum Gasteiger partial charge on any atom is -0.497 e.